The highest BCUT2D eigenvalue weighted by Gasteiger charge is 2.18. The van der Waals surface area contributed by atoms with E-state index in [1.807, 2.05) is 24.3 Å². The molecular weight excluding hydrogens is 270 g/mol. The second-order valence-electron chi connectivity index (χ2n) is 4.50. The molecule has 0 aliphatic rings. The van der Waals surface area contributed by atoms with Gasteiger partial charge in [0.1, 0.15) is 5.76 Å². The average Bonchev–Trinajstić information content (AvgIpc) is 2.90. The fraction of sp³-hybridized carbons (Fsp3) is 0.133. The van der Waals surface area contributed by atoms with Crippen molar-refractivity contribution in [1.82, 2.24) is 10.1 Å². The van der Waals surface area contributed by atoms with Crippen LogP contribution in [0.5, 0.6) is 5.75 Å². The standard InChI is InChI=1S/C15H13N3O3/c1-9-7-13(18-21-9)17-15(19)14-10-5-3-4-6-11(10)16-8-12(14)20-2/h3-8H,1-2H3,(H,17,18,19). The second-order valence-corrected chi connectivity index (χ2v) is 4.50. The number of para-hydroxylation sites is 1. The van der Waals surface area contributed by atoms with Crippen LogP contribution in [-0.4, -0.2) is 23.2 Å². The summed E-state index contributed by atoms with van der Waals surface area (Å²) < 4.78 is 10.2. The largest absolute Gasteiger partial charge is 0.494 e. The van der Waals surface area contributed by atoms with Gasteiger partial charge in [-0.25, -0.2) is 0 Å². The van der Waals surface area contributed by atoms with Crippen molar-refractivity contribution in [3.8, 4) is 5.75 Å². The van der Waals surface area contributed by atoms with Crippen LogP contribution < -0.4 is 10.1 Å². The van der Waals surface area contributed by atoms with Crippen LogP contribution in [-0.2, 0) is 0 Å². The van der Waals surface area contributed by atoms with Crippen LogP contribution in [0.25, 0.3) is 10.9 Å². The number of carbonyl (C=O) groups excluding carboxylic acids is 1. The number of methoxy groups -OCH3 is 1. The Labute approximate surface area is 120 Å². The molecular formula is C15H13N3O3. The number of aromatic nitrogens is 2. The average molecular weight is 283 g/mol. The second kappa shape index (κ2) is 5.24. The molecule has 6 nitrogen and oxygen atoms in total. The molecule has 0 bridgehead atoms. The molecule has 0 aliphatic heterocycles. The Hall–Kier alpha value is -2.89. The molecule has 0 aliphatic carbocycles. The van der Waals surface area contributed by atoms with Crippen LogP contribution in [0.15, 0.2) is 41.1 Å². The number of amides is 1. The lowest BCUT2D eigenvalue weighted by Gasteiger charge is -2.10. The van der Waals surface area contributed by atoms with Gasteiger partial charge in [-0.1, -0.05) is 23.4 Å². The molecule has 0 radical (unpaired) electrons. The van der Waals surface area contributed by atoms with Crippen molar-refractivity contribution in [3.05, 3.63) is 47.9 Å². The molecule has 1 amide bonds. The molecule has 0 saturated heterocycles. The first-order valence-electron chi connectivity index (χ1n) is 6.35. The van der Waals surface area contributed by atoms with Gasteiger partial charge in [0.05, 0.1) is 24.4 Å². The molecule has 1 N–H and O–H groups in total. The molecule has 0 saturated carbocycles. The zero-order valence-corrected chi connectivity index (χ0v) is 11.6. The Balaban J connectivity index is 2.07. The molecule has 0 atom stereocenters. The van der Waals surface area contributed by atoms with Crippen molar-refractivity contribution in [2.75, 3.05) is 12.4 Å². The smallest absolute Gasteiger partial charge is 0.261 e. The maximum Gasteiger partial charge on any atom is 0.261 e. The summed E-state index contributed by atoms with van der Waals surface area (Å²) >= 11 is 0. The molecule has 106 valence electrons. The van der Waals surface area contributed by atoms with Crippen molar-refractivity contribution >= 4 is 22.6 Å². The highest BCUT2D eigenvalue weighted by atomic mass is 16.5. The Bertz CT molecular complexity index is 811. The minimum Gasteiger partial charge on any atom is -0.494 e. The number of ether oxygens (including phenoxy) is 1. The Morgan fingerprint density at radius 3 is 2.86 bits per heavy atom. The maximum absolute atomic E-state index is 12.5. The number of rotatable bonds is 3. The van der Waals surface area contributed by atoms with Gasteiger partial charge in [-0.3, -0.25) is 9.78 Å². The molecule has 2 heterocycles. The van der Waals surface area contributed by atoms with Crippen LogP contribution in [0.1, 0.15) is 16.1 Å². The first-order chi connectivity index (χ1) is 10.2. The van der Waals surface area contributed by atoms with E-state index in [2.05, 4.69) is 15.5 Å². The maximum atomic E-state index is 12.5. The lowest BCUT2D eigenvalue weighted by molar-refractivity contribution is 0.102. The predicted octanol–water partition coefficient (Wildman–Crippen LogP) is 2.79. The van der Waals surface area contributed by atoms with E-state index in [-0.39, 0.29) is 5.91 Å². The molecule has 3 aromatic rings. The van der Waals surface area contributed by atoms with Gasteiger partial charge >= 0.3 is 0 Å². The fourth-order valence-electron chi connectivity index (χ4n) is 2.12. The van der Waals surface area contributed by atoms with Crippen molar-refractivity contribution in [2.45, 2.75) is 6.92 Å². The predicted molar refractivity (Wildman–Crippen MR) is 77.5 cm³/mol. The molecule has 0 unspecified atom stereocenters. The van der Waals surface area contributed by atoms with E-state index in [1.165, 1.54) is 13.3 Å². The number of hydrogen-bond acceptors (Lipinski definition) is 5. The van der Waals surface area contributed by atoms with Crippen molar-refractivity contribution in [2.24, 2.45) is 0 Å². The lowest BCUT2D eigenvalue weighted by Crippen LogP contribution is -2.14. The summed E-state index contributed by atoms with van der Waals surface area (Å²) in [5, 5.41) is 7.16. The van der Waals surface area contributed by atoms with Crippen molar-refractivity contribution in [3.63, 3.8) is 0 Å². The van der Waals surface area contributed by atoms with Crippen LogP contribution in [0.2, 0.25) is 0 Å². The number of aryl methyl sites for hydroxylation is 1. The van der Waals surface area contributed by atoms with E-state index in [0.717, 1.165) is 10.9 Å². The van der Waals surface area contributed by atoms with E-state index in [4.69, 9.17) is 9.26 Å². The topological polar surface area (TPSA) is 77.2 Å². The summed E-state index contributed by atoms with van der Waals surface area (Å²) in [5.41, 5.74) is 1.14. The Morgan fingerprint density at radius 2 is 2.14 bits per heavy atom. The van der Waals surface area contributed by atoms with Crippen molar-refractivity contribution < 1.29 is 14.1 Å². The molecule has 0 fully saturated rings. The highest BCUT2D eigenvalue weighted by Crippen LogP contribution is 2.26. The number of pyridine rings is 1. The number of anilines is 1. The van der Waals surface area contributed by atoms with E-state index in [0.29, 0.717) is 22.9 Å². The molecule has 2 aromatic heterocycles. The summed E-state index contributed by atoms with van der Waals surface area (Å²) in [5.74, 6) is 1.07. The monoisotopic (exact) mass is 283 g/mol. The first-order valence-corrected chi connectivity index (χ1v) is 6.35. The third-order valence-electron chi connectivity index (χ3n) is 3.06. The number of fused-ring (bicyclic) bond motifs is 1. The molecule has 3 rings (SSSR count). The van der Waals surface area contributed by atoms with E-state index in [9.17, 15) is 4.79 Å². The quantitative estimate of drug-likeness (QED) is 0.799. The normalized spacial score (nSPS) is 10.6. The number of nitrogens with zero attached hydrogens (tertiary/aromatic N) is 2. The van der Waals surface area contributed by atoms with Gasteiger partial charge in [0, 0.05) is 11.5 Å². The highest BCUT2D eigenvalue weighted by molar-refractivity contribution is 6.14. The van der Waals surface area contributed by atoms with Gasteiger partial charge in [0.15, 0.2) is 11.6 Å². The third-order valence-corrected chi connectivity index (χ3v) is 3.06. The minimum atomic E-state index is -0.321. The Kier molecular flexibility index (Phi) is 3.27. The van der Waals surface area contributed by atoms with Crippen LogP contribution in [0.3, 0.4) is 0 Å². The molecule has 0 spiro atoms. The van der Waals surface area contributed by atoms with Gasteiger partial charge < -0.3 is 14.6 Å². The van der Waals surface area contributed by atoms with Crippen LogP contribution in [0, 0.1) is 6.92 Å². The summed E-state index contributed by atoms with van der Waals surface area (Å²) in [6.45, 7) is 1.76. The van der Waals surface area contributed by atoms with Gasteiger partial charge in [0.2, 0.25) is 0 Å². The Morgan fingerprint density at radius 1 is 1.33 bits per heavy atom. The van der Waals surface area contributed by atoms with E-state index >= 15 is 0 Å². The van der Waals surface area contributed by atoms with E-state index < -0.39 is 0 Å². The van der Waals surface area contributed by atoms with Crippen LogP contribution in [0.4, 0.5) is 5.82 Å². The zero-order valence-electron chi connectivity index (χ0n) is 11.6. The molecule has 1 aromatic carbocycles. The SMILES string of the molecule is COc1cnc2ccccc2c1C(=O)Nc1cc(C)on1. The fourth-order valence-corrected chi connectivity index (χ4v) is 2.12. The van der Waals surface area contributed by atoms with Gasteiger partial charge in [-0.15, -0.1) is 0 Å². The first kappa shape index (κ1) is 13.1. The zero-order chi connectivity index (χ0) is 14.8. The number of nitrogens with one attached hydrogen (secondary N) is 1. The summed E-state index contributed by atoms with van der Waals surface area (Å²) in [6, 6.07) is 9.03. The summed E-state index contributed by atoms with van der Waals surface area (Å²) in [4.78, 5) is 16.8. The van der Waals surface area contributed by atoms with E-state index in [1.54, 1.807) is 13.0 Å². The number of carbonyl (C=O) groups is 1. The van der Waals surface area contributed by atoms with Crippen LogP contribution >= 0.6 is 0 Å². The summed E-state index contributed by atoms with van der Waals surface area (Å²) in [7, 11) is 1.50. The van der Waals surface area contributed by atoms with Gasteiger partial charge in [-0.05, 0) is 13.0 Å². The number of hydrogen-bond donors (Lipinski definition) is 1. The number of benzene rings is 1. The van der Waals surface area contributed by atoms with Gasteiger partial charge in [0.25, 0.3) is 5.91 Å². The summed E-state index contributed by atoms with van der Waals surface area (Å²) in [6.07, 6.45) is 1.53. The molecule has 6 heteroatoms. The van der Waals surface area contributed by atoms with Gasteiger partial charge in [-0.2, -0.15) is 0 Å². The van der Waals surface area contributed by atoms with Crippen molar-refractivity contribution in [1.29, 1.82) is 0 Å². The molecule has 21 heavy (non-hydrogen) atoms. The minimum absolute atomic E-state index is 0.321. The third kappa shape index (κ3) is 2.43. The lowest BCUT2D eigenvalue weighted by atomic mass is 10.1.